The number of carbonyl (C=O) groups excluding carboxylic acids is 1. The molecule has 94 valence electrons. The first kappa shape index (κ1) is 12.6. The van der Waals surface area contributed by atoms with Gasteiger partial charge in [0.15, 0.2) is 5.78 Å². The van der Waals surface area contributed by atoms with E-state index in [1.165, 1.54) is 16.9 Å². The number of ketones is 1. The molecule has 0 radical (unpaired) electrons. The number of anilines is 1. The smallest absolute Gasteiger partial charge is 0.152 e. The van der Waals surface area contributed by atoms with Crippen LogP contribution in [0, 0.1) is 0 Å². The number of rotatable bonds is 2. The number of para-hydroxylation sites is 1. The number of fused-ring (bicyclic) bond motifs is 1. The van der Waals surface area contributed by atoms with Crippen molar-refractivity contribution in [2.45, 2.75) is 26.2 Å². The third kappa shape index (κ3) is 1.99. The predicted octanol–water partition coefficient (Wildman–Crippen LogP) is 3.44. The lowest BCUT2D eigenvalue weighted by atomic mass is 9.84. The number of carbonyl (C=O) groups is 1. The molecule has 0 aromatic heterocycles. The van der Waals surface area contributed by atoms with Crippen molar-refractivity contribution in [1.29, 1.82) is 0 Å². The summed E-state index contributed by atoms with van der Waals surface area (Å²) in [5, 5.41) is 0. The summed E-state index contributed by atoms with van der Waals surface area (Å²) in [7, 11) is 2.07. The molecule has 2 rings (SSSR count). The molecule has 0 spiro atoms. The van der Waals surface area contributed by atoms with Crippen LogP contribution in [-0.4, -0.2) is 12.8 Å². The van der Waals surface area contributed by atoms with E-state index in [9.17, 15) is 4.79 Å². The Hall–Kier alpha value is -1.83. The summed E-state index contributed by atoms with van der Waals surface area (Å²) < 4.78 is 0. The van der Waals surface area contributed by atoms with Gasteiger partial charge in [-0.1, -0.05) is 38.1 Å². The first-order valence-corrected chi connectivity index (χ1v) is 6.17. The molecule has 1 aromatic rings. The molecule has 0 bridgehead atoms. The first-order chi connectivity index (χ1) is 8.44. The van der Waals surface area contributed by atoms with Gasteiger partial charge in [0.2, 0.25) is 0 Å². The van der Waals surface area contributed by atoms with Crippen molar-refractivity contribution in [3.05, 3.63) is 53.8 Å². The lowest BCUT2D eigenvalue weighted by Crippen LogP contribution is -2.22. The number of nitrogens with zero attached hydrogens (tertiary/aromatic N) is 1. The van der Waals surface area contributed by atoms with Crippen molar-refractivity contribution < 1.29 is 4.79 Å². The van der Waals surface area contributed by atoms with E-state index >= 15 is 0 Å². The largest absolute Gasteiger partial charge is 0.347 e. The van der Waals surface area contributed by atoms with Crippen molar-refractivity contribution >= 4 is 11.5 Å². The fourth-order valence-corrected chi connectivity index (χ4v) is 2.58. The molecule has 0 atom stereocenters. The normalized spacial score (nSPS) is 19.6. The molecule has 0 saturated heterocycles. The Morgan fingerprint density at radius 1 is 1.28 bits per heavy atom. The van der Waals surface area contributed by atoms with Crippen LogP contribution in [0.25, 0.3) is 0 Å². The van der Waals surface area contributed by atoms with Gasteiger partial charge in [-0.15, -0.1) is 0 Å². The zero-order valence-corrected chi connectivity index (χ0v) is 11.4. The summed E-state index contributed by atoms with van der Waals surface area (Å²) in [5.74, 6) is 0.0721. The average molecular weight is 241 g/mol. The minimum atomic E-state index is -0.0214. The predicted molar refractivity (Wildman–Crippen MR) is 75.8 cm³/mol. The second kappa shape index (κ2) is 4.45. The van der Waals surface area contributed by atoms with Crippen LogP contribution in [0.1, 0.15) is 26.3 Å². The lowest BCUT2D eigenvalue weighted by Gasteiger charge is -2.23. The molecule has 0 aliphatic carbocycles. The van der Waals surface area contributed by atoms with Gasteiger partial charge in [-0.05, 0) is 30.7 Å². The highest BCUT2D eigenvalue weighted by Gasteiger charge is 2.37. The quantitative estimate of drug-likeness (QED) is 0.739. The van der Waals surface area contributed by atoms with Gasteiger partial charge in [-0.2, -0.15) is 0 Å². The van der Waals surface area contributed by atoms with E-state index in [-0.39, 0.29) is 11.2 Å². The Morgan fingerprint density at radius 2 is 1.94 bits per heavy atom. The van der Waals surface area contributed by atoms with Gasteiger partial charge in [0.05, 0.1) is 0 Å². The first-order valence-electron chi connectivity index (χ1n) is 6.17. The highest BCUT2D eigenvalue weighted by molar-refractivity contribution is 5.87. The molecule has 1 aliphatic heterocycles. The van der Waals surface area contributed by atoms with Crippen LogP contribution >= 0.6 is 0 Å². The van der Waals surface area contributed by atoms with E-state index in [0.29, 0.717) is 0 Å². The maximum Gasteiger partial charge on any atom is 0.152 e. The SMILES string of the molecule is CC(=O)/C=C/C=C1/N(C)c2ccccc2C1(C)C. The Kier molecular flexibility index (Phi) is 3.12. The number of hydrogen-bond donors (Lipinski definition) is 0. The van der Waals surface area contributed by atoms with Crippen LogP contribution in [0.4, 0.5) is 5.69 Å². The molecule has 2 nitrogen and oxygen atoms in total. The Morgan fingerprint density at radius 3 is 2.56 bits per heavy atom. The summed E-state index contributed by atoms with van der Waals surface area (Å²) in [6, 6.07) is 8.43. The van der Waals surface area contributed by atoms with Crippen LogP contribution in [0.15, 0.2) is 48.2 Å². The summed E-state index contributed by atoms with van der Waals surface area (Å²) in [6.45, 7) is 5.98. The van der Waals surface area contributed by atoms with Gasteiger partial charge in [-0.25, -0.2) is 0 Å². The number of hydrogen-bond acceptors (Lipinski definition) is 2. The van der Waals surface area contributed by atoms with Crippen molar-refractivity contribution in [1.82, 2.24) is 0 Å². The van der Waals surface area contributed by atoms with Gasteiger partial charge < -0.3 is 4.90 Å². The van der Waals surface area contributed by atoms with Crippen molar-refractivity contribution in [3.8, 4) is 0 Å². The van der Waals surface area contributed by atoms with E-state index in [1.807, 2.05) is 12.2 Å². The van der Waals surface area contributed by atoms with Gasteiger partial charge in [0.1, 0.15) is 0 Å². The van der Waals surface area contributed by atoms with Crippen LogP contribution in [0.3, 0.4) is 0 Å². The molecule has 1 aromatic carbocycles. The lowest BCUT2D eigenvalue weighted by molar-refractivity contribution is -0.112. The van der Waals surface area contributed by atoms with Crippen LogP contribution in [-0.2, 0) is 10.2 Å². The number of allylic oxidation sites excluding steroid dienone is 4. The van der Waals surface area contributed by atoms with Crippen LogP contribution < -0.4 is 4.90 Å². The molecule has 0 unspecified atom stereocenters. The van der Waals surface area contributed by atoms with Gasteiger partial charge in [0, 0.05) is 23.8 Å². The van der Waals surface area contributed by atoms with Crippen LogP contribution in [0.5, 0.6) is 0 Å². The molecule has 1 aliphatic rings. The van der Waals surface area contributed by atoms with Crippen molar-refractivity contribution in [2.24, 2.45) is 0 Å². The standard InChI is InChI=1S/C16H19NO/c1-12(18)8-7-11-15-16(2,3)13-9-5-6-10-14(13)17(15)4/h5-11H,1-4H3/b8-7+,15-11+. The van der Waals surface area contributed by atoms with Crippen molar-refractivity contribution in [2.75, 3.05) is 11.9 Å². The number of likely N-dealkylation sites (N-methyl/N-ethyl adjacent to an activating group) is 1. The highest BCUT2D eigenvalue weighted by atomic mass is 16.1. The molecule has 1 heterocycles. The second-order valence-electron chi connectivity index (χ2n) is 5.22. The summed E-state index contributed by atoms with van der Waals surface area (Å²) >= 11 is 0. The highest BCUT2D eigenvalue weighted by Crippen LogP contribution is 2.46. The monoisotopic (exact) mass is 241 g/mol. The molecule has 18 heavy (non-hydrogen) atoms. The minimum absolute atomic E-state index is 0.0214. The summed E-state index contributed by atoms with van der Waals surface area (Å²) in [6.07, 6.45) is 5.46. The van der Waals surface area contributed by atoms with Gasteiger partial charge >= 0.3 is 0 Å². The maximum absolute atomic E-state index is 10.9. The molecular weight excluding hydrogens is 222 g/mol. The summed E-state index contributed by atoms with van der Waals surface area (Å²) in [5.41, 5.74) is 3.76. The third-order valence-electron chi connectivity index (χ3n) is 3.53. The second-order valence-corrected chi connectivity index (χ2v) is 5.22. The van der Waals surface area contributed by atoms with Crippen molar-refractivity contribution in [3.63, 3.8) is 0 Å². The Labute approximate surface area is 109 Å². The van der Waals surface area contributed by atoms with Gasteiger partial charge in [-0.3, -0.25) is 4.79 Å². The summed E-state index contributed by atoms with van der Waals surface area (Å²) in [4.78, 5) is 13.1. The number of benzene rings is 1. The van der Waals surface area contributed by atoms with E-state index in [0.717, 1.165) is 0 Å². The minimum Gasteiger partial charge on any atom is -0.347 e. The fourth-order valence-electron chi connectivity index (χ4n) is 2.58. The van der Waals surface area contributed by atoms with Gasteiger partial charge in [0.25, 0.3) is 0 Å². The van der Waals surface area contributed by atoms with Crippen LogP contribution in [0.2, 0.25) is 0 Å². The molecule has 0 saturated carbocycles. The molecular formula is C16H19NO. The average Bonchev–Trinajstić information content (AvgIpc) is 2.50. The van der Waals surface area contributed by atoms with E-state index in [4.69, 9.17) is 0 Å². The topological polar surface area (TPSA) is 20.3 Å². The molecule has 0 amide bonds. The molecule has 0 N–H and O–H groups in total. The molecule has 2 heteroatoms. The zero-order chi connectivity index (χ0) is 13.3. The maximum atomic E-state index is 10.9. The van der Waals surface area contributed by atoms with E-state index in [1.54, 1.807) is 13.0 Å². The fraction of sp³-hybridized carbons (Fsp3) is 0.312. The van der Waals surface area contributed by atoms with E-state index in [2.05, 4.69) is 50.1 Å². The van der Waals surface area contributed by atoms with E-state index < -0.39 is 0 Å². The molecule has 0 fully saturated rings. The zero-order valence-electron chi connectivity index (χ0n) is 11.4. The Bertz CT molecular complexity index is 538. The Balaban J connectivity index is 2.44. The third-order valence-corrected chi connectivity index (χ3v) is 3.53.